The van der Waals surface area contributed by atoms with E-state index in [1.54, 1.807) is 12.1 Å². The molecule has 1 fully saturated rings. The molecule has 0 aliphatic carbocycles. The lowest BCUT2D eigenvalue weighted by molar-refractivity contribution is 0.133. The smallest absolute Gasteiger partial charge is 0.160 e. The van der Waals surface area contributed by atoms with Gasteiger partial charge in [-0.25, -0.2) is 9.97 Å². The normalized spacial score (nSPS) is 18.1. The highest BCUT2D eigenvalue weighted by molar-refractivity contribution is 5.84. The van der Waals surface area contributed by atoms with Crippen LogP contribution in [0.1, 0.15) is 70.6 Å². The Hall–Kier alpha value is -3.12. The molecule has 6 heteroatoms. The molecule has 1 aromatic carbocycles. The minimum Gasteiger partial charge on any atom is -0.507 e. The van der Waals surface area contributed by atoms with Crippen LogP contribution >= 0.6 is 0 Å². The molecule has 3 N–H and O–H groups in total. The number of pyridine rings is 1. The largest absolute Gasteiger partial charge is 0.507 e. The van der Waals surface area contributed by atoms with Crippen LogP contribution in [0.5, 0.6) is 5.75 Å². The van der Waals surface area contributed by atoms with Crippen molar-refractivity contribution in [3.8, 4) is 16.9 Å². The zero-order chi connectivity index (χ0) is 25.5. The van der Waals surface area contributed by atoms with Crippen molar-refractivity contribution in [2.45, 2.75) is 77.9 Å². The number of nitrogens with one attached hydrogen (secondary N) is 2. The molecule has 0 amide bonds. The van der Waals surface area contributed by atoms with Crippen molar-refractivity contribution in [2.24, 2.45) is 0 Å². The molecule has 0 atom stereocenters. The summed E-state index contributed by atoms with van der Waals surface area (Å²) < 4.78 is 2.34. The monoisotopic (exact) mass is 473 g/mol. The van der Waals surface area contributed by atoms with E-state index in [-0.39, 0.29) is 16.8 Å². The van der Waals surface area contributed by atoms with E-state index in [0.29, 0.717) is 6.04 Å². The predicted octanol–water partition coefficient (Wildman–Crippen LogP) is 5.90. The van der Waals surface area contributed by atoms with Crippen LogP contribution in [0.4, 0.5) is 0 Å². The summed E-state index contributed by atoms with van der Waals surface area (Å²) in [5.74, 6) is 1.21. The van der Waals surface area contributed by atoms with Gasteiger partial charge in [-0.05, 0) is 83.2 Å². The molecular formula is C29H39N5O. The quantitative estimate of drug-likeness (QED) is 0.389. The first kappa shape index (κ1) is 25.0. The molecule has 35 heavy (non-hydrogen) atoms. The van der Waals surface area contributed by atoms with Crippen LogP contribution in [0.25, 0.3) is 27.9 Å². The van der Waals surface area contributed by atoms with Gasteiger partial charge in [-0.3, -0.25) is 0 Å². The zero-order valence-electron chi connectivity index (χ0n) is 22.2. The third-order valence-corrected chi connectivity index (χ3v) is 6.93. The van der Waals surface area contributed by atoms with Gasteiger partial charge in [-0.2, -0.15) is 0 Å². The van der Waals surface area contributed by atoms with Gasteiger partial charge >= 0.3 is 0 Å². The molecule has 0 unspecified atom stereocenters. The van der Waals surface area contributed by atoms with Gasteiger partial charge in [0.25, 0.3) is 0 Å². The average molecular weight is 474 g/mol. The van der Waals surface area contributed by atoms with Gasteiger partial charge < -0.3 is 20.3 Å². The Labute approximate surface area is 209 Å². The minimum atomic E-state index is 0.0303. The van der Waals surface area contributed by atoms with Crippen molar-refractivity contribution < 1.29 is 5.11 Å². The summed E-state index contributed by atoms with van der Waals surface area (Å²) in [4.78, 5) is 10.1. The molecule has 186 valence electrons. The van der Waals surface area contributed by atoms with Crippen LogP contribution in [-0.2, 0) is 6.42 Å². The molecule has 3 heterocycles. The molecule has 2 aromatic heterocycles. The standard InChI is InChI=1S/C29H39N5O/c1-9-19(17-30-8)20-11-12-22(26(35)13-20)23-14-25-27(32-24(23)10-2)34(18(3)31-25)21-15-28(4,5)33-29(6,7)16-21/h9,11-14,17,21,30,33,35H,1,10,15-16H2,2-8H3/b19-17+. The van der Waals surface area contributed by atoms with Crippen LogP contribution in [0.2, 0.25) is 0 Å². The Morgan fingerprint density at radius 3 is 2.43 bits per heavy atom. The molecule has 0 radical (unpaired) electrons. The summed E-state index contributed by atoms with van der Waals surface area (Å²) in [6, 6.07) is 8.16. The summed E-state index contributed by atoms with van der Waals surface area (Å²) in [5, 5.41) is 17.8. The van der Waals surface area contributed by atoms with Crippen molar-refractivity contribution in [1.29, 1.82) is 0 Å². The fourth-order valence-electron chi connectivity index (χ4n) is 5.92. The summed E-state index contributed by atoms with van der Waals surface area (Å²) in [5.41, 5.74) is 6.34. The summed E-state index contributed by atoms with van der Waals surface area (Å²) in [7, 11) is 1.85. The molecular weight excluding hydrogens is 434 g/mol. The molecule has 6 nitrogen and oxygen atoms in total. The third kappa shape index (κ3) is 4.85. The molecule has 1 aliphatic rings. The van der Waals surface area contributed by atoms with Gasteiger partial charge in [-0.1, -0.05) is 25.6 Å². The number of benzene rings is 1. The fourth-order valence-corrected chi connectivity index (χ4v) is 5.92. The topological polar surface area (TPSA) is 75.0 Å². The van der Waals surface area contributed by atoms with Gasteiger partial charge in [-0.15, -0.1) is 0 Å². The van der Waals surface area contributed by atoms with E-state index in [4.69, 9.17) is 9.97 Å². The predicted molar refractivity (Wildman–Crippen MR) is 146 cm³/mol. The van der Waals surface area contributed by atoms with Crippen LogP contribution in [0, 0.1) is 6.92 Å². The van der Waals surface area contributed by atoms with Gasteiger partial charge in [0.15, 0.2) is 5.65 Å². The zero-order valence-corrected chi connectivity index (χ0v) is 22.2. The SMILES string of the molecule is C=C/C(=C\NC)c1ccc(-c2cc3nc(C)n(C4CC(C)(C)NC(C)(C)C4)c3nc2CC)c(O)c1. The van der Waals surface area contributed by atoms with Crippen LogP contribution in [0.3, 0.4) is 0 Å². The van der Waals surface area contributed by atoms with Crippen molar-refractivity contribution in [1.82, 2.24) is 25.2 Å². The molecule has 1 saturated heterocycles. The lowest BCUT2D eigenvalue weighted by atomic mass is 9.79. The molecule has 0 saturated carbocycles. The number of hydrogen-bond acceptors (Lipinski definition) is 5. The minimum absolute atomic E-state index is 0.0303. The van der Waals surface area contributed by atoms with Crippen molar-refractivity contribution >= 4 is 16.7 Å². The number of aromatic nitrogens is 3. The van der Waals surface area contributed by atoms with Gasteiger partial charge in [0.2, 0.25) is 0 Å². The maximum Gasteiger partial charge on any atom is 0.160 e. The van der Waals surface area contributed by atoms with E-state index in [9.17, 15) is 5.11 Å². The lowest BCUT2D eigenvalue weighted by Gasteiger charge is -2.47. The first-order chi connectivity index (χ1) is 16.5. The van der Waals surface area contributed by atoms with Crippen LogP contribution in [0.15, 0.2) is 43.1 Å². The highest BCUT2D eigenvalue weighted by atomic mass is 16.3. The van der Waals surface area contributed by atoms with E-state index in [1.165, 1.54) is 0 Å². The number of allylic oxidation sites excluding steroid dienone is 2. The number of imidazole rings is 1. The van der Waals surface area contributed by atoms with Crippen molar-refractivity contribution in [2.75, 3.05) is 7.05 Å². The number of phenolic OH excluding ortho intramolecular Hbond substituents is 1. The number of fused-ring (bicyclic) bond motifs is 1. The Morgan fingerprint density at radius 1 is 1.17 bits per heavy atom. The maximum absolute atomic E-state index is 11.0. The van der Waals surface area contributed by atoms with E-state index in [1.807, 2.05) is 25.4 Å². The second kappa shape index (κ2) is 9.15. The summed E-state index contributed by atoms with van der Waals surface area (Å²) in [6.45, 7) is 17.2. The highest BCUT2D eigenvalue weighted by Crippen LogP contribution is 2.40. The molecule has 4 rings (SSSR count). The molecule has 1 aliphatic heterocycles. The third-order valence-electron chi connectivity index (χ3n) is 6.93. The Balaban J connectivity index is 1.82. The summed E-state index contributed by atoms with van der Waals surface area (Å²) >= 11 is 0. The Kier molecular flexibility index (Phi) is 6.54. The van der Waals surface area contributed by atoms with Crippen molar-refractivity contribution in [3.05, 3.63) is 60.2 Å². The first-order valence-electron chi connectivity index (χ1n) is 12.5. The van der Waals surface area contributed by atoms with Crippen molar-refractivity contribution in [3.63, 3.8) is 0 Å². The Bertz CT molecular complexity index is 1280. The number of aryl methyl sites for hydroxylation is 2. The fraction of sp³-hybridized carbons (Fsp3) is 0.448. The second-order valence-electron chi connectivity index (χ2n) is 11.0. The van der Waals surface area contributed by atoms with Crippen LogP contribution < -0.4 is 10.6 Å². The van der Waals surface area contributed by atoms with E-state index in [2.05, 4.69) is 69.4 Å². The van der Waals surface area contributed by atoms with E-state index in [0.717, 1.165) is 64.2 Å². The molecule has 3 aromatic rings. The number of aromatic hydroxyl groups is 1. The van der Waals surface area contributed by atoms with Gasteiger partial charge in [0.05, 0.1) is 5.69 Å². The molecule has 0 bridgehead atoms. The second-order valence-corrected chi connectivity index (χ2v) is 11.0. The lowest BCUT2D eigenvalue weighted by Crippen LogP contribution is -2.58. The van der Waals surface area contributed by atoms with E-state index < -0.39 is 0 Å². The average Bonchev–Trinajstić information content (AvgIpc) is 3.09. The Morgan fingerprint density at radius 2 is 1.86 bits per heavy atom. The highest BCUT2D eigenvalue weighted by Gasteiger charge is 2.39. The first-order valence-corrected chi connectivity index (χ1v) is 12.5. The maximum atomic E-state index is 11.0. The van der Waals surface area contributed by atoms with Crippen LogP contribution in [-0.4, -0.2) is 37.8 Å². The number of hydrogen-bond donors (Lipinski definition) is 3. The number of rotatable bonds is 6. The number of piperidine rings is 1. The molecule has 0 spiro atoms. The van der Waals surface area contributed by atoms with Gasteiger partial charge in [0, 0.05) is 41.5 Å². The number of phenols is 1. The van der Waals surface area contributed by atoms with Gasteiger partial charge in [0.1, 0.15) is 17.1 Å². The van der Waals surface area contributed by atoms with E-state index >= 15 is 0 Å². The summed E-state index contributed by atoms with van der Waals surface area (Å²) in [6.07, 6.45) is 6.43. The number of nitrogens with zero attached hydrogens (tertiary/aromatic N) is 3.